The van der Waals surface area contributed by atoms with Crippen LogP contribution in [0.1, 0.15) is 17.9 Å². The highest BCUT2D eigenvalue weighted by molar-refractivity contribution is 7.13. The summed E-state index contributed by atoms with van der Waals surface area (Å²) in [4.78, 5) is 7.41. The summed E-state index contributed by atoms with van der Waals surface area (Å²) < 4.78 is 31.4. The molecule has 2 heterocycles. The fourth-order valence-electron chi connectivity index (χ4n) is 2.39. The molecule has 0 N–H and O–H groups in total. The van der Waals surface area contributed by atoms with Gasteiger partial charge in [0.25, 0.3) is 0 Å². The lowest BCUT2D eigenvalue weighted by Gasteiger charge is -2.16. The van der Waals surface area contributed by atoms with Gasteiger partial charge < -0.3 is 9.42 Å². The number of rotatable bonds is 7. The van der Waals surface area contributed by atoms with Crippen LogP contribution in [0.2, 0.25) is 0 Å². The first-order valence-corrected chi connectivity index (χ1v) is 8.49. The van der Waals surface area contributed by atoms with Gasteiger partial charge in [0.05, 0.1) is 4.88 Å². The number of hydrogen-bond donors (Lipinski definition) is 0. The first-order chi connectivity index (χ1) is 11.6. The van der Waals surface area contributed by atoms with E-state index in [2.05, 4.69) is 10.1 Å². The zero-order valence-corrected chi connectivity index (χ0v) is 14.0. The van der Waals surface area contributed by atoms with Crippen LogP contribution in [0, 0.1) is 11.6 Å². The molecule has 7 heteroatoms. The van der Waals surface area contributed by atoms with Crippen LogP contribution in [0.25, 0.3) is 10.7 Å². The van der Waals surface area contributed by atoms with Crippen molar-refractivity contribution in [3.05, 3.63) is 58.8 Å². The predicted octanol–water partition coefficient (Wildman–Crippen LogP) is 4.14. The van der Waals surface area contributed by atoms with Gasteiger partial charge in [0, 0.05) is 13.0 Å². The van der Waals surface area contributed by atoms with E-state index in [0.717, 1.165) is 29.5 Å². The predicted molar refractivity (Wildman–Crippen MR) is 88.6 cm³/mol. The second kappa shape index (κ2) is 7.63. The molecule has 0 atom stereocenters. The normalized spacial score (nSPS) is 11.3. The average molecular weight is 349 g/mol. The highest BCUT2D eigenvalue weighted by Gasteiger charge is 2.10. The van der Waals surface area contributed by atoms with Gasteiger partial charge in [-0.3, -0.25) is 0 Å². The molecule has 3 aromatic rings. The number of nitrogens with zero attached hydrogens (tertiary/aromatic N) is 3. The van der Waals surface area contributed by atoms with Gasteiger partial charge in [-0.25, -0.2) is 8.78 Å². The molecule has 0 aliphatic carbocycles. The Morgan fingerprint density at radius 3 is 2.83 bits per heavy atom. The fraction of sp³-hybridized carbons (Fsp3) is 0.294. The largest absolute Gasteiger partial charge is 0.339 e. The SMILES string of the molecule is CN(CCCc1nc(-c2cccs2)no1)Cc1ccc(F)c(F)c1. The minimum Gasteiger partial charge on any atom is -0.339 e. The lowest BCUT2D eigenvalue weighted by atomic mass is 10.2. The van der Waals surface area contributed by atoms with Crippen molar-refractivity contribution in [1.29, 1.82) is 0 Å². The summed E-state index contributed by atoms with van der Waals surface area (Å²) in [5, 5.41) is 5.95. The van der Waals surface area contributed by atoms with Gasteiger partial charge in [-0.1, -0.05) is 17.3 Å². The number of benzene rings is 1. The lowest BCUT2D eigenvalue weighted by molar-refractivity contribution is 0.309. The summed E-state index contributed by atoms with van der Waals surface area (Å²) in [5.41, 5.74) is 0.745. The van der Waals surface area contributed by atoms with Crippen LogP contribution in [0.3, 0.4) is 0 Å². The molecule has 4 nitrogen and oxygen atoms in total. The summed E-state index contributed by atoms with van der Waals surface area (Å²) in [6.07, 6.45) is 1.52. The van der Waals surface area contributed by atoms with E-state index in [1.54, 1.807) is 17.4 Å². The molecule has 24 heavy (non-hydrogen) atoms. The van der Waals surface area contributed by atoms with E-state index in [-0.39, 0.29) is 0 Å². The van der Waals surface area contributed by atoms with E-state index in [1.165, 1.54) is 6.07 Å². The number of hydrogen-bond acceptors (Lipinski definition) is 5. The summed E-state index contributed by atoms with van der Waals surface area (Å²) in [6.45, 7) is 1.34. The van der Waals surface area contributed by atoms with E-state index in [4.69, 9.17) is 4.52 Å². The lowest BCUT2D eigenvalue weighted by Crippen LogP contribution is -2.19. The van der Waals surface area contributed by atoms with Crippen molar-refractivity contribution in [3.63, 3.8) is 0 Å². The zero-order valence-electron chi connectivity index (χ0n) is 13.2. The smallest absolute Gasteiger partial charge is 0.227 e. The summed E-state index contributed by atoms with van der Waals surface area (Å²) >= 11 is 1.57. The maximum atomic E-state index is 13.2. The molecule has 0 amide bonds. The second-order valence-corrected chi connectivity index (χ2v) is 6.53. The third-order valence-corrected chi connectivity index (χ3v) is 4.44. The van der Waals surface area contributed by atoms with Crippen LogP contribution in [-0.2, 0) is 13.0 Å². The minimum atomic E-state index is -0.820. The maximum absolute atomic E-state index is 13.2. The van der Waals surface area contributed by atoms with Gasteiger partial charge in [0.1, 0.15) is 0 Å². The Morgan fingerprint density at radius 1 is 1.21 bits per heavy atom. The maximum Gasteiger partial charge on any atom is 0.227 e. The molecule has 0 aliphatic rings. The van der Waals surface area contributed by atoms with Crippen molar-refractivity contribution >= 4 is 11.3 Å². The van der Waals surface area contributed by atoms with E-state index in [0.29, 0.717) is 24.7 Å². The molecule has 2 aromatic heterocycles. The molecule has 1 aromatic carbocycles. The van der Waals surface area contributed by atoms with E-state index in [1.807, 2.05) is 29.5 Å². The number of aryl methyl sites for hydroxylation is 1. The van der Waals surface area contributed by atoms with Gasteiger partial charge >= 0.3 is 0 Å². The van der Waals surface area contributed by atoms with Crippen molar-refractivity contribution in [3.8, 4) is 10.7 Å². The molecule has 126 valence electrons. The number of halogens is 2. The van der Waals surface area contributed by atoms with Crippen LogP contribution in [0.15, 0.2) is 40.2 Å². The molecule has 0 aliphatic heterocycles. The molecule has 0 fully saturated rings. The Labute approximate surface area is 142 Å². The number of thiophene rings is 1. The number of aromatic nitrogens is 2. The first-order valence-electron chi connectivity index (χ1n) is 7.61. The standard InChI is InChI=1S/C17H17F2N3OS/c1-22(11-12-6-7-13(18)14(19)10-12)8-2-5-16-20-17(21-23-16)15-4-3-9-24-15/h3-4,6-7,9-10H,2,5,8,11H2,1H3. The Balaban J connectivity index is 1.46. The zero-order chi connectivity index (χ0) is 16.9. The Bertz CT molecular complexity index is 789. The molecule has 3 rings (SSSR count). The van der Waals surface area contributed by atoms with Crippen LogP contribution in [0.5, 0.6) is 0 Å². The highest BCUT2D eigenvalue weighted by atomic mass is 32.1. The molecule has 0 saturated heterocycles. The van der Waals surface area contributed by atoms with E-state index >= 15 is 0 Å². The van der Waals surface area contributed by atoms with Crippen molar-refractivity contribution in [1.82, 2.24) is 15.0 Å². The van der Waals surface area contributed by atoms with Gasteiger partial charge in [0.2, 0.25) is 11.7 Å². The van der Waals surface area contributed by atoms with Crippen molar-refractivity contribution < 1.29 is 13.3 Å². The van der Waals surface area contributed by atoms with Gasteiger partial charge in [-0.05, 0) is 49.2 Å². The molecular formula is C17H17F2N3OS. The van der Waals surface area contributed by atoms with Gasteiger partial charge in [-0.15, -0.1) is 11.3 Å². The van der Waals surface area contributed by atoms with E-state index < -0.39 is 11.6 Å². The Kier molecular flexibility index (Phi) is 5.32. The second-order valence-electron chi connectivity index (χ2n) is 5.58. The Morgan fingerprint density at radius 2 is 2.08 bits per heavy atom. The topological polar surface area (TPSA) is 42.2 Å². The summed E-state index contributed by atoms with van der Waals surface area (Å²) in [7, 11) is 1.94. The Hall–Kier alpha value is -2.12. The monoisotopic (exact) mass is 349 g/mol. The first kappa shape index (κ1) is 16.7. The van der Waals surface area contributed by atoms with Gasteiger partial charge in [0.15, 0.2) is 11.6 Å². The highest BCUT2D eigenvalue weighted by Crippen LogP contribution is 2.21. The average Bonchev–Trinajstić information content (AvgIpc) is 3.22. The van der Waals surface area contributed by atoms with E-state index in [9.17, 15) is 8.78 Å². The molecule has 0 bridgehead atoms. The molecule has 0 unspecified atom stereocenters. The molecule has 0 saturated carbocycles. The fourth-order valence-corrected chi connectivity index (χ4v) is 3.04. The van der Waals surface area contributed by atoms with Crippen LogP contribution in [-0.4, -0.2) is 28.6 Å². The van der Waals surface area contributed by atoms with Crippen molar-refractivity contribution in [2.75, 3.05) is 13.6 Å². The van der Waals surface area contributed by atoms with Crippen LogP contribution >= 0.6 is 11.3 Å². The third-order valence-electron chi connectivity index (χ3n) is 3.58. The molecule has 0 spiro atoms. The van der Waals surface area contributed by atoms with Crippen molar-refractivity contribution in [2.45, 2.75) is 19.4 Å². The molecular weight excluding hydrogens is 332 g/mol. The third kappa shape index (κ3) is 4.24. The van der Waals surface area contributed by atoms with Gasteiger partial charge in [-0.2, -0.15) is 4.98 Å². The summed E-state index contributed by atoms with van der Waals surface area (Å²) in [6, 6.07) is 7.89. The van der Waals surface area contributed by atoms with Crippen LogP contribution < -0.4 is 0 Å². The summed E-state index contributed by atoms with van der Waals surface area (Å²) in [5.74, 6) is -0.401. The minimum absolute atomic E-state index is 0.557. The quantitative estimate of drug-likeness (QED) is 0.643. The van der Waals surface area contributed by atoms with Crippen molar-refractivity contribution in [2.24, 2.45) is 0 Å². The van der Waals surface area contributed by atoms with Crippen LogP contribution in [0.4, 0.5) is 8.78 Å². The molecule has 0 radical (unpaired) electrons.